The quantitative estimate of drug-likeness (QED) is 0.772. The lowest BCUT2D eigenvalue weighted by Crippen LogP contribution is -2.29. The van der Waals surface area contributed by atoms with E-state index in [1.165, 1.54) is 4.90 Å². The van der Waals surface area contributed by atoms with Crippen molar-refractivity contribution in [2.24, 2.45) is 4.99 Å². The molecular formula is C10H12N2OS. The fourth-order valence-corrected chi connectivity index (χ4v) is 2.18. The van der Waals surface area contributed by atoms with Crippen LogP contribution >= 0.6 is 11.8 Å². The Morgan fingerprint density at radius 2 is 2.29 bits per heavy atom. The van der Waals surface area contributed by atoms with Crippen molar-refractivity contribution >= 4 is 23.3 Å². The Bertz CT molecular complexity index is 352. The molecular weight excluding hydrogens is 196 g/mol. The Hall–Kier alpha value is -1.00. The van der Waals surface area contributed by atoms with Crippen LogP contribution < -0.4 is 5.32 Å². The van der Waals surface area contributed by atoms with Crippen molar-refractivity contribution in [3.63, 3.8) is 0 Å². The van der Waals surface area contributed by atoms with Crippen molar-refractivity contribution in [1.29, 1.82) is 0 Å². The van der Waals surface area contributed by atoms with E-state index < -0.39 is 0 Å². The predicted molar refractivity (Wildman–Crippen MR) is 59.3 cm³/mol. The van der Waals surface area contributed by atoms with Gasteiger partial charge in [0.05, 0.1) is 18.0 Å². The Morgan fingerprint density at radius 3 is 3.14 bits per heavy atom. The molecule has 0 aromatic heterocycles. The molecule has 2 rings (SSSR count). The summed E-state index contributed by atoms with van der Waals surface area (Å²) in [5.74, 6) is 1.81. The lowest BCUT2D eigenvalue weighted by atomic mass is 10.3. The largest absolute Gasteiger partial charge is 0.395 e. The van der Waals surface area contributed by atoms with Gasteiger partial charge in [0, 0.05) is 11.4 Å². The molecule has 0 fully saturated rings. The molecule has 2 N–H and O–H groups in total. The molecule has 3 nitrogen and oxygen atoms in total. The highest BCUT2D eigenvalue weighted by atomic mass is 32.2. The summed E-state index contributed by atoms with van der Waals surface area (Å²) in [6.07, 6.45) is 0. The molecule has 1 aliphatic rings. The van der Waals surface area contributed by atoms with Crippen LogP contribution in [0.25, 0.3) is 0 Å². The third-order valence-corrected chi connectivity index (χ3v) is 3.00. The number of benzene rings is 1. The Morgan fingerprint density at radius 1 is 1.43 bits per heavy atom. The van der Waals surface area contributed by atoms with Crippen LogP contribution in [0.5, 0.6) is 0 Å². The molecule has 0 atom stereocenters. The minimum atomic E-state index is 0.144. The molecule has 0 saturated heterocycles. The van der Waals surface area contributed by atoms with Crippen molar-refractivity contribution in [3.05, 3.63) is 24.3 Å². The van der Waals surface area contributed by atoms with E-state index in [0.29, 0.717) is 6.54 Å². The fraction of sp³-hybridized carbons (Fsp3) is 0.300. The first kappa shape index (κ1) is 9.55. The molecule has 0 radical (unpaired) electrons. The third-order valence-electron chi connectivity index (χ3n) is 1.93. The van der Waals surface area contributed by atoms with E-state index >= 15 is 0 Å². The number of hydrogen-bond acceptors (Lipinski definition) is 4. The van der Waals surface area contributed by atoms with Gasteiger partial charge in [-0.05, 0) is 12.1 Å². The zero-order valence-electron chi connectivity index (χ0n) is 7.73. The lowest BCUT2D eigenvalue weighted by Gasteiger charge is -2.15. The van der Waals surface area contributed by atoms with Crippen LogP contribution in [0.1, 0.15) is 0 Å². The molecule has 4 heteroatoms. The number of para-hydroxylation sites is 1. The molecule has 0 bridgehead atoms. The summed E-state index contributed by atoms with van der Waals surface area (Å²) in [7, 11) is 0. The van der Waals surface area contributed by atoms with Crippen molar-refractivity contribution < 1.29 is 5.11 Å². The first-order valence-corrected chi connectivity index (χ1v) is 5.53. The van der Waals surface area contributed by atoms with E-state index in [1.807, 2.05) is 18.2 Å². The van der Waals surface area contributed by atoms with Gasteiger partial charge in [0.2, 0.25) is 0 Å². The van der Waals surface area contributed by atoms with Crippen LogP contribution in [0.3, 0.4) is 0 Å². The van der Waals surface area contributed by atoms with E-state index in [9.17, 15) is 0 Å². The lowest BCUT2D eigenvalue weighted by molar-refractivity contribution is 0.300. The van der Waals surface area contributed by atoms with Crippen molar-refractivity contribution in [2.45, 2.75) is 4.90 Å². The van der Waals surface area contributed by atoms with Gasteiger partial charge in [-0.3, -0.25) is 0 Å². The number of fused-ring (bicyclic) bond motifs is 1. The number of hydrogen-bond donors (Lipinski definition) is 2. The van der Waals surface area contributed by atoms with Gasteiger partial charge >= 0.3 is 0 Å². The normalized spacial score (nSPS) is 14.5. The topological polar surface area (TPSA) is 44.6 Å². The number of amidine groups is 1. The second-order valence-electron chi connectivity index (χ2n) is 2.97. The summed E-state index contributed by atoms with van der Waals surface area (Å²) in [5, 5.41) is 11.8. The average Bonchev–Trinajstić information content (AvgIpc) is 2.26. The van der Waals surface area contributed by atoms with Crippen LogP contribution in [-0.4, -0.2) is 29.8 Å². The third kappa shape index (κ3) is 2.08. The highest BCUT2D eigenvalue weighted by Gasteiger charge is 2.10. The highest BCUT2D eigenvalue weighted by molar-refractivity contribution is 8.00. The summed E-state index contributed by atoms with van der Waals surface area (Å²) in [6, 6.07) is 8.08. The molecule has 0 amide bonds. The zero-order chi connectivity index (χ0) is 9.80. The second-order valence-corrected chi connectivity index (χ2v) is 3.98. The molecule has 0 unspecified atom stereocenters. The molecule has 1 heterocycles. The number of aliphatic hydroxyl groups is 1. The fourth-order valence-electron chi connectivity index (χ4n) is 1.29. The number of aliphatic hydroxyl groups excluding tert-OH is 1. The van der Waals surface area contributed by atoms with Gasteiger partial charge in [-0.15, -0.1) is 11.8 Å². The van der Waals surface area contributed by atoms with Gasteiger partial charge < -0.3 is 10.4 Å². The molecule has 0 saturated carbocycles. The minimum absolute atomic E-state index is 0.144. The van der Waals surface area contributed by atoms with Crippen LogP contribution in [0.4, 0.5) is 5.69 Å². The number of rotatable bonds is 2. The van der Waals surface area contributed by atoms with E-state index in [4.69, 9.17) is 5.11 Å². The summed E-state index contributed by atoms with van der Waals surface area (Å²) < 4.78 is 0. The van der Waals surface area contributed by atoms with Crippen LogP contribution in [0, 0.1) is 0 Å². The monoisotopic (exact) mass is 208 g/mol. The van der Waals surface area contributed by atoms with Crippen LogP contribution in [0.15, 0.2) is 34.2 Å². The maximum Gasteiger partial charge on any atom is 0.113 e. The highest BCUT2D eigenvalue weighted by Crippen LogP contribution is 2.32. The average molecular weight is 208 g/mol. The molecule has 0 aliphatic carbocycles. The van der Waals surface area contributed by atoms with Crippen molar-refractivity contribution in [3.8, 4) is 0 Å². The number of nitrogens with zero attached hydrogens (tertiary/aromatic N) is 1. The first-order valence-electron chi connectivity index (χ1n) is 4.54. The molecule has 74 valence electrons. The molecule has 1 aliphatic heterocycles. The van der Waals surface area contributed by atoms with Gasteiger partial charge in [0.15, 0.2) is 0 Å². The number of thioether (sulfide) groups is 1. The second kappa shape index (κ2) is 4.48. The van der Waals surface area contributed by atoms with E-state index in [2.05, 4.69) is 16.4 Å². The summed E-state index contributed by atoms with van der Waals surface area (Å²) in [4.78, 5) is 5.68. The summed E-state index contributed by atoms with van der Waals surface area (Å²) >= 11 is 1.77. The van der Waals surface area contributed by atoms with Gasteiger partial charge in [0.1, 0.15) is 5.84 Å². The Kier molecular flexibility index (Phi) is 3.06. The maximum absolute atomic E-state index is 8.67. The Labute approximate surface area is 87.2 Å². The molecule has 1 aromatic rings. The summed E-state index contributed by atoms with van der Waals surface area (Å²) in [6.45, 7) is 0.715. The predicted octanol–water partition coefficient (Wildman–Crippen LogP) is 1.40. The van der Waals surface area contributed by atoms with Gasteiger partial charge in [-0.25, -0.2) is 4.99 Å². The first-order chi connectivity index (χ1) is 6.90. The SMILES string of the molecule is OCCNC1=Nc2ccccc2SC1. The smallest absolute Gasteiger partial charge is 0.113 e. The number of nitrogens with one attached hydrogen (secondary N) is 1. The van der Waals surface area contributed by atoms with E-state index in [-0.39, 0.29) is 6.61 Å². The number of aliphatic imine (C=N–C) groups is 1. The van der Waals surface area contributed by atoms with Crippen LogP contribution in [-0.2, 0) is 0 Å². The zero-order valence-corrected chi connectivity index (χ0v) is 8.55. The van der Waals surface area contributed by atoms with Crippen molar-refractivity contribution in [2.75, 3.05) is 18.9 Å². The molecule has 1 aromatic carbocycles. The minimum Gasteiger partial charge on any atom is -0.395 e. The molecule has 14 heavy (non-hydrogen) atoms. The Balaban J connectivity index is 2.14. The van der Waals surface area contributed by atoms with Gasteiger partial charge in [0.25, 0.3) is 0 Å². The van der Waals surface area contributed by atoms with Crippen LogP contribution in [0.2, 0.25) is 0 Å². The standard InChI is InChI=1S/C10H12N2OS/c13-6-5-11-10-7-14-9-4-2-1-3-8(9)12-10/h1-4,13H,5-7H2,(H,11,12). The van der Waals surface area contributed by atoms with E-state index in [1.54, 1.807) is 11.8 Å². The van der Waals surface area contributed by atoms with E-state index in [0.717, 1.165) is 17.3 Å². The van der Waals surface area contributed by atoms with Crippen molar-refractivity contribution in [1.82, 2.24) is 5.32 Å². The van der Waals surface area contributed by atoms with Gasteiger partial charge in [-0.2, -0.15) is 0 Å². The molecule has 0 spiro atoms. The summed E-state index contributed by atoms with van der Waals surface area (Å²) in [5.41, 5.74) is 1.02. The maximum atomic E-state index is 8.67. The van der Waals surface area contributed by atoms with Gasteiger partial charge in [-0.1, -0.05) is 12.1 Å².